The normalized spacial score (nSPS) is 18.3. The van der Waals surface area contributed by atoms with Crippen molar-refractivity contribution in [3.05, 3.63) is 48.3 Å². The van der Waals surface area contributed by atoms with Gasteiger partial charge in [-0.3, -0.25) is 0 Å². The molecule has 2 aromatic rings. The monoisotopic (exact) mass is 393 g/mol. The Morgan fingerprint density at radius 3 is 2.83 bits per heavy atom. The van der Waals surface area contributed by atoms with E-state index in [0.717, 1.165) is 62.0 Å². The van der Waals surface area contributed by atoms with Crippen molar-refractivity contribution in [2.75, 3.05) is 57.8 Å². The molecule has 0 aliphatic carbocycles. The number of likely N-dealkylation sites (N-methyl/N-ethyl adjacent to an activating group) is 1. The van der Waals surface area contributed by atoms with Crippen LogP contribution in [0.2, 0.25) is 0 Å². The third-order valence-electron chi connectivity index (χ3n) is 5.94. The standard InChI is InChI=1S/C23H31N5O/c1-4-27(5-2)9-10-29-22-8-6-7-18(11-22)23-12-21(13-24-25-23)28-16-19-14-26(3)15-20(19)17-28/h6-8,11-14,20H,4-5,9-10,15-17H2,1-3H3. The molecule has 29 heavy (non-hydrogen) atoms. The molecular weight excluding hydrogens is 362 g/mol. The highest BCUT2D eigenvalue weighted by molar-refractivity contribution is 5.65. The van der Waals surface area contributed by atoms with Gasteiger partial charge in [-0.1, -0.05) is 26.0 Å². The first kappa shape index (κ1) is 19.7. The summed E-state index contributed by atoms with van der Waals surface area (Å²) in [5.74, 6) is 1.52. The van der Waals surface area contributed by atoms with Crippen LogP contribution in [0.15, 0.2) is 48.3 Å². The number of benzene rings is 1. The van der Waals surface area contributed by atoms with E-state index in [2.05, 4.69) is 70.2 Å². The molecule has 4 rings (SSSR count). The van der Waals surface area contributed by atoms with E-state index in [1.165, 1.54) is 5.57 Å². The molecule has 0 spiro atoms. The van der Waals surface area contributed by atoms with Crippen LogP contribution in [0, 0.1) is 5.92 Å². The topological polar surface area (TPSA) is 44.7 Å². The molecule has 2 aliphatic rings. The molecule has 154 valence electrons. The Morgan fingerprint density at radius 1 is 1.17 bits per heavy atom. The Labute approximate surface area is 173 Å². The third-order valence-corrected chi connectivity index (χ3v) is 5.94. The van der Waals surface area contributed by atoms with Crippen LogP contribution in [0.4, 0.5) is 5.69 Å². The molecule has 1 aromatic heterocycles. The van der Waals surface area contributed by atoms with E-state index in [1.807, 2.05) is 18.3 Å². The van der Waals surface area contributed by atoms with Gasteiger partial charge in [-0.05, 0) is 36.9 Å². The second kappa shape index (κ2) is 8.82. The van der Waals surface area contributed by atoms with Gasteiger partial charge in [0.2, 0.25) is 0 Å². The minimum absolute atomic E-state index is 0.638. The van der Waals surface area contributed by atoms with Crippen molar-refractivity contribution < 1.29 is 4.74 Å². The van der Waals surface area contributed by atoms with Gasteiger partial charge in [-0.25, -0.2) is 0 Å². The minimum Gasteiger partial charge on any atom is -0.492 e. The SMILES string of the molecule is CCN(CC)CCOc1cccc(-c2cc(N3CC4=CN(C)CC4C3)cnn2)c1. The van der Waals surface area contributed by atoms with Gasteiger partial charge in [-0.2, -0.15) is 10.2 Å². The van der Waals surface area contributed by atoms with E-state index in [9.17, 15) is 0 Å². The molecule has 0 amide bonds. The minimum atomic E-state index is 0.638. The van der Waals surface area contributed by atoms with Crippen LogP contribution in [0.1, 0.15) is 13.8 Å². The van der Waals surface area contributed by atoms with Gasteiger partial charge in [0, 0.05) is 50.9 Å². The molecule has 0 bridgehead atoms. The summed E-state index contributed by atoms with van der Waals surface area (Å²) in [7, 11) is 2.15. The molecule has 0 saturated carbocycles. The van der Waals surface area contributed by atoms with E-state index in [0.29, 0.717) is 12.5 Å². The van der Waals surface area contributed by atoms with Gasteiger partial charge >= 0.3 is 0 Å². The Morgan fingerprint density at radius 2 is 2.03 bits per heavy atom. The number of hydrogen-bond donors (Lipinski definition) is 0. The number of aromatic nitrogens is 2. The van der Waals surface area contributed by atoms with E-state index in [-0.39, 0.29) is 0 Å². The van der Waals surface area contributed by atoms with Crippen LogP contribution in [0.3, 0.4) is 0 Å². The lowest BCUT2D eigenvalue weighted by molar-refractivity contribution is 0.223. The van der Waals surface area contributed by atoms with E-state index in [4.69, 9.17) is 4.74 Å². The van der Waals surface area contributed by atoms with Gasteiger partial charge in [0.25, 0.3) is 0 Å². The quantitative estimate of drug-likeness (QED) is 0.687. The number of fused-ring (bicyclic) bond motifs is 1. The average molecular weight is 394 g/mol. The Hall–Kier alpha value is -2.60. The number of anilines is 1. The van der Waals surface area contributed by atoms with Crippen molar-refractivity contribution in [3.63, 3.8) is 0 Å². The van der Waals surface area contributed by atoms with Crippen LogP contribution >= 0.6 is 0 Å². The largest absolute Gasteiger partial charge is 0.492 e. The average Bonchev–Trinajstić information content (AvgIpc) is 3.29. The molecule has 6 heteroatoms. The zero-order chi connectivity index (χ0) is 20.2. The van der Waals surface area contributed by atoms with Gasteiger partial charge < -0.3 is 19.4 Å². The Bertz CT molecular complexity index is 864. The number of rotatable bonds is 8. The van der Waals surface area contributed by atoms with Crippen LogP contribution < -0.4 is 9.64 Å². The Balaban J connectivity index is 1.44. The second-order valence-electron chi connectivity index (χ2n) is 7.92. The van der Waals surface area contributed by atoms with Crippen molar-refractivity contribution in [1.29, 1.82) is 0 Å². The zero-order valence-electron chi connectivity index (χ0n) is 17.7. The highest BCUT2D eigenvalue weighted by Crippen LogP contribution is 2.33. The molecule has 3 heterocycles. The molecular formula is C23H31N5O. The van der Waals surface area contributed by atoms with Crippen LogP contribution in [0.5, 0.6) is 5.75 Å². The maximum Gasteiger partial charge on any atom is 0.120 e. The Kier molecular flexibility index (Phi) is 6.00. The third kappa shape index (κ3) is 4.53. The molecule has 1 saturated heterocycles. The molecule has 1 fully saturated rings. The van der Waals surface area contributed by atoms with E-state index in [1.54, 1.807) is 0 Å². The van der Waals surface area contributed by atoms with Crippen molar-refractivity contribution in [1.82, 2.24) is 20.0 Å². The number of nitrogens with zero attached hydrogens (tertiary/aromatic N) is 5. The summed E-state index contributed by atoms with van der Waals surface area (Å²) < 4.78 is 5.98. The van der Waals surface area contributed by atoms with Crippen molar-refractivity contribution in [2.45, 2.75) is 13.8 Å². The lowest BCUT2D eigenvalue weighted by atomic mass is 10.1. The zero-order valence-corrected chi connectivity index (χ0v) is 17.7. The maximum atomic E-state index is 5.98. The summed E-state index contributed by atoms with van der Waals surface area (Å²) in [6.45, 7) is 11.2. The van der Waals surface area contributed by atoms with Gasteiger partial charge in [-0.15, -0.1) is 0 Å². The van der Waals surface area contributed by atoms with Gasteiger partial charge in [0.05, 0.1) is 17.6 Å². The fourth-order valence-corrected chi connectivity index (χ4v) is 4.25. The van der Waals surface area contributed by atoms with Crippen molar-refractivity contribution >= 4 is 5.69 Å². The second-order valence-corrected chi connectivity index (χ2v) is 7.92. The summed E-state index contributed by atoms with van der Waals surface area (Å²) in [4.78, 5) is 7.06. The first-order chi connectivity index (χ1) is 14.2. The fourth-order valence-electron chi connectivity index (χ4n) is 4.25. The van der Waals surface area contributed by atoms with Crippen LogP contribution in [-0.2, 0) is 0 Å². The van der Waals surface area contributed by atoms with E-state index < -0.39 is 0 Å². The molecule has 1 atom stereocenters. The first-order valence-corrected chi connectivity index (χ1v) is 10.6. The predicted octanol–water partition coefficient (Wildman–Crippen LogP) is 3.13. The van der Waals surface area contributed by atoms with Crippen LogP contribution in [-0.4, -0.2) is 72.9 Å². The number of ether oxygens (including phenoxy) is 1. The molecule has 1 aromatic carbocycles. The molecule has 0 radical (unpaired) electrons. The molecule has 0 N–H and O–H groups in total. The molecule has 1 unspecified atom stereocenters. The highest BCUT2D eigenvalue weighted by atomic mass is 16.5. The summed E-state index contributed by atoms with van der Waals surface area (Å²) in [5.41, 5.74) is 4.59. The predicted molar refractivity (Wildman–Crippen MR) is 117 cm³/mol. The molecule has 6 nitrogen and oxygen atoms in total. The summed E-state index contributed by atoms with van der Waals surface area (Å²) in [6, 6.07) is 10.3. The summed E-state index contributed by atoms with van der Waals surface area (Å²) >= 11 is 0. The lowest BCUT2D eigenvalue weighted by Gasteiger charge is -2.20. The lowest BCUT2D eigenvalue weighted by Crippen LogP contribution is -2.27. The maximum absolute atomic E-state index is 5.98. The van der Waals surface area contributed by atoms with Crippen LogP contribution in [0.25, 0.3) is 11.3 Å². The van der Waals surface area contributed by atoms with Gasteiger partial charge in [0.15, 0.2) is 0 Å². The first-order valence-electron chi connectivity index (χ1n) is 10.6. The highest BCUT2D eigenvalue weighted by Gasteiger charge is 2.32. The smallest absolute Gasteiger partial charge is 0.120 e. The van der Waals surface area contributed by atoms with Crippen molar-refractivity contribution in [3.8, 4) is 17.0 Å². The molecule has 2 aliphatic heterocycles. The number of hydrogen-bond acceptors (Lipinski definition) is 6. The van der Waals surface area contributed by atoms with Crippen molar-refractivity contribution in [2.24, 2.45) is 5.92 Å². The summed E-state index contributed by atoms with van der Waals surface area (Å²) in [6.07, 6.45) is 4.17. The van der Waals surface area contributed by atoms with Gasteiger partial charge in [0.1, 0.15) is 12.4 Å². The summed E-state index contributed by atoms with van der Waals surface area (Å²) in [5, 5.41) is 8.66. The fraction of sp³-hybridized carbons (Fsp3) is 0.478. The van der Waals surface area contributed by atoms with E-state index >= 15 is 0 Å².